The van der Waals surface area contributed by atoms with Crippen LogP contribution in [0.2, 0.25) is 0 Å². The molecule has 180 valence electrons. The van der Waals surface area contributed by atoms with Crippen LogP contribution < -0.4 is 4.74 Å². The Morgan fingerprint density at radius 2 is 1.97 bits per heavy atom. The molecule has 0 saturated heterocycles. The van der Waals surface area contributed by atoms with Crippen LogP contribution in [-0.2, 0) is 6.42 Å². The number of hydrogen-bond acceptors (Lipinski definition) is 4. The normalized spacial score (nSPS) is 24.4. The molecule has 5 nitrogen and oxygen atoms in total. The molecule has 3 aliphatic rings. The van der Waals surface area contributed by atoms with Gasteiger partial charge in [-0.15, -0.1) is 0 Å². The zero-order valence-electron chi connectivity index (χ0n) is 20.5. The highest BCUT2D eigenvalue weighted by atomic mass is 16.5. The smallest absolute Gasteiger partial charge is 0.146 e. The Hall–Kier alpha value is -2.63. The number of imidazole rings is 1. The molecule has 1 saturated carbocycles. The van der Waals surface area contributed by atoms with Gasteiger partial charge < -0.3 is 19.7 Å². The van der Waals surface area contributed by atoms with Gasteiger partial charge >= 0.3 is 0 Å². The van der Waals surface area contributed by atoms with Crippen molar-refractivity contribution in [3.8, 4) is 5.75 Å². The molecule has 3 aromatic rings. The summed E-state index contributed by atoms with van der Waals surface area (Å²) in [7, 11) is 3.86. The molecule has 0 amide bonds. The molecule has 3 aliphatic carbocycles. The number of aryl methyl sites for hydroxylation is 1. The lowest BCUT2D eigenvalue weighted by atomic mass is 9.70. The summed E-state index contributed by atoms with van der Waals surface area (Å²) in [5.74, 6) is 2.56. The predicted molar refractivity (Wildman–Crippen MR) is 138 cm³/mol. The fourth-order valence-corrected chi connectivity index (χ4v) is 5.99. The lowest BCUT2D eigenvalue weighted by Gasteiger charge is -2.41. The number of nitrogens with one attached hydrogen (secondary N) is 1. The van der Waals surface area contributed by atoms with Gasteiger partial charge in [0.15, 0.2) is 0 Å². The molecule has 1 heterocycles. The van der Waals surface area contributed by atoms with E-state index in [9.17, 15) is 5.11 Å². The van der Waals surface area contributed by atoms with Crippen molar-refractivity contribution in [3.63, 3.8) is 0 Å². The maximum atomic E-state index is 11.7. The number of aromatic amines is 1. The fourth-order valence-electron chi connectivity index (χ4n) is 5.99. The van der Waals surface area contributed by atoms with Crippen molar-refractivity contribution in [1.82, 2.24) is 14.9 Å². The van der Waals surface area contributed by atoms with E-state index in [0.717, 1.165) is 67.8 Å². The van der Waals surface area contributed by atoms with Crippen LogP contribution in [0.1, 0.15) is 49.9 Å². The van der Waals surface area contributed by atoms with Gasteiger partial charge in [0.2, 0.25) is 0 Å². The number of benzene rings is 2. The van der Waals surface area contributed by atoms with E-state index in [1.165, 1.54) is 24.0 Å². The van der Waals surface area contributed by atoms with Crippen LogP contribution >= 0.6 is 0 Å². The zero-order chi connectivity index (χ0) is 23.5. The van der Waals surface area contributed by atoms with Gasteiger partial charge in [-0.1, -0.05) is 48.9 Å². The summed E-state index contributed by atoms with van der Waals surface area (Å²) >= 11 is 0. The van der Waals surface area contributed by atoms with Crippen LogP contribution in [0.4, 0.5) is 0 Å². The van der Waals surface area contributed by atoms with Crippen molar-refractivity contribution >= 4 is 16.6 Å². The number of aromatic nitrogens is 2. The van der Waals surface area contributed by atoms with Crippen molar-refractivity contribution in [3.05, 3.63) is 66.0 Å². The molecule has 6 rings (SSSR count). The zero-order valence-corrected chi connectivity index (χ0v) is 20.5. The average Bonchev–Trinajstić information content (AvgIpc) is 3.06. The summed E-state index contributed by atoms with van der Waals surface area (Å²) in [5.41, 5.74) is 4.15. The van der Waals surface area contributed by atoms with Crippen molar-refractivity contribution < 1.29 is 9.84 Å². The molecule has 0 spiro atoms. The first-order valence-electron chi connectivity index (χ1n) is 12.8. The number of nitrogens with zero attached hydrogens (tertiary/aromatic N) is 2. The maximum absolute atomic E-state index is 11.7. The molecule has 2 bridgehead atoms. The fraction of sp³-hybridized carbons (Fsp3) is 0.483. The van der Waals surface area contributed by atoms with Crippen molar-refractivity contribution in [2.24, 2.45) is 11.8 Å². The molecule has 3 atom stereocenters. The molecule has 2 aromatic carbocycles. The lowest BCUT2D eigenvalue weighted by molar-refractivity contribution is -0.0299. The van der Waals surface area contributed by atoms with E-state index in [1.807, 2.05) is 18.2 Å². The van der Waals surface area contributed by atoms with Crippen molar-refractivity contribution in [2.45, 2.75) is 50.5 Å². The predicted octanol–water partition coefficient (Wildman–Crippen LogP) is 5.46. The van der Waals surface area contributed by atoms with Gasteiger partial charge in [-0.05, 0) is 74.9 Å². The largest absolute Gasteiger partial charge is 0.494 e. The van der Waals surface area contributed by atoms with Gasteiger partial charge in [0.05, 0.1) is 18.2 Å². The lowest BCUT2D eigenvalue weighted by Crippen LogP contribution is -2.43. The molecular weight excluding hydrogens is 422 g/mol. The summed E-state index contributed by atoms with van der Waals surface area (Å²) in [6.45, 7) is 1.91. The highest BCUT2D eigenvalue weighted by Gasteiger charge is 2.44. The number of aliphatic hydroxyl groups is 1. The third kappa shape index (κ3) is 4.77. The van der Waals surface area contributed by atoms with Gasteiger partial charge in [-0.2, -0.15) is 0 Å². The second-order valence-electron chi connectivity index (χ2n) is 10.2. The molecule has 0 aliphatic heterocycles. The molecule has 34 heavy (non-hydrogen) atoms. The molecule has 2 N–H and O–H groups in total. The van der Waals surface area contributed by atoms with E-state index in [1.54, 1.807) is 7.11 Å². The molecule has 1 aromatic heterocycles. The summed E-state index contributed by atoms with van der Waals surface area (Å²) in [4.78, 5) is 10.5. The van der Waals surface area contributed by atoms with E-state index in [0.29, 0.717) is 5.92 Å². The van der Waals surface area contributed by atoms with E-state index in [-0.39, 0.29) is 5.92 Å². The number of para-hydroxylation sites is 1. The summed E-state index contributed by atoms with van der Waals surface area (Å²) in [6, 6.07) is 16.7. The molecule has 1 fully saturated rings. The first-order chi connectivity index (χ1) is 16.6. The van der Waals surface area contributed by atoms with E-state index in [2.05, 4.69) is 53.3 Å². The Labute approximate surface area is 202 Å². The monoisotopic (exact) mass is 459 g/mol. The van der Waals surface area contributed by atoms with Gasteiger partial charge in [0, 0.05) is 18.9 Å². The number of allylic oxidation sites excluding steroid dienone is 1. The second-order valence-corrected chi connectivity index (χ2v) is 10.2. The van der Waals surface area contributed by atoms with Crippen LogP contribution in [0.15, 0.2) is 54.6 Å². The second kappa shape index (κ2) is 9.93. The number of ether oxygens (including phenoxy) is 1. The van der Waals surface area contributed by atoms with Gasteiger partial charge in [-0.3, -0.25) is 0 Å². The Morgan fingerprint density at radius 1 is 1.12 bits per heavy atom. The van der Waals surface area contributed by atoms with E-state index >= 15 is 0 Å². The first kappa shape index (κ1) is 23.1. The highest BCUT2D eigenvalue weighted by molar-refractivity contribution is 5.81. The topological polar surface area (TPSA) is 61.4 Å². The molecule has 5 heteroatoms. The first-order valence-corrected chi connectivity index (χ1v) is 12.8. The van der Waals surface area contributed by atoms with E-state index in [4.69, 9.17) is 9.72 Å². The van der Waals surface area contributed by atoms with Crippen molar-refractivity contribution in [1.29, 1.82) is 0 Å². The Balaban J connectivity index is 1.16. The minimum Gasteiger partial charge on any atom is -0.494 e. The maximum Gasteiger partial charge on any atom is 0.146 e. The van der Waals surface area contributed by atoms with E-state index < -0.39 is 5.60 Å². The third-order valence-electron chi connectivity index (χ3n) is 7.91. The van der Waals surface area contributed by atoms with Gasteiger partial charge in [0.25, 0.3) is 0 Å². The van der Waals surface area contributed by atoms with Crippen LogP contribution in [0.5, 0.6) is 5.75 Å². The number of methoxy groups -OCH3 is 1. The van der Waals surface area contributed by atoms with Crippen LogP contribution in [0, 0.1) is 11.8 Å². The Morgan fingerprint density at radius 3 is 2.79 bits per heavy atom. The highest BCUT2D eigenvalue weighted by Crippen LogP contribution is 2.49. The quantitative estimate of drug-likeness (QED) is 0.446. The SMILES string of the molecule is COc1cccc2[nH]c(CCCN(C)CC[C@@]3(O)C[C@@H]4CCC[C@H]3C=C4c3ccccc3)nc12. The minimum atomic E-state index is -0.580. The number of fused-ring (bicyclic) bond motifs is 4. The van der Waals surface area contributed by atoms with Crippen LogP contribution in [0.25, 0.3) is 16.6 Å². The molecular formula is C29H37N3O2. The number of rotatable bonds is 9. The Kier molecular flexibility index (Phi) is 6.75. The summed E-state index contributed by atoms with van der Waals surface area (Å²) < 4.78 is 5.43. The minimum absolute atomic E-state index is 0.264. The standard InChI is InChI=1S/C29H37N3O2/c1-32(17-8-15-27-30-25-13-7-14-26(34-2)28(25)31-27)18-16-29(33)20-22-11-6-12-23(29)19-24(22)21-9-4-3-5-10-21/h3-5,7,9-10,13-14,19,22-23,33H,6,8,11-12,15-18,20H2,1-2H3,(H,30,31)/t22-,23-,29+/m0/s1. The van der Waals surface area contributed by atoms with Crippen LogP contribution in [0.3, 0.4) is 0 Å². The number of H-pyrrole nitrogens is 1. The van der Waals surface area contributed by atoms with Crippen molar-refractivity contribution in [2.75, 3.05) is 27.2 Å². The molecule has 0 unspecified atom stereocenters. The number of hydrogen-bond donors (Lipinski definition) is 2. The average molecular weight is 460 g/mol. The van der Waals surface area contributed by atoms with Gasteiger partial charge in [0.1, 0.15) is 17.1 Å². The summed E-state index contributed by atoms with van der Waals surface area (Å²) in [5, 5.41) is 11.7. The van der Waals surface area contributed by atoms with Crippen LogP contribution in [-0.4, -0.2) is 52.8 Å². The Bertz CT molecular complexity index is 1140. The summed E-state index contributed by atoms with van der Waals surface area (Å²) in [6.07, 6.45) is 9.58. The van der Waals surface area contributed by atoms with Gasteiger partial charge in [-0.25, -0.2) is 4.98 Å². The third-order valence-corrected chi connectivity index (χ3v) is 7.91. The molecule has 0 radical (unpaired) electrons.